The molecule has 1 aliphatic rings. The van der Waals surface area contributed by atoms with Gasteiger partial charge < -0.3 is 10.4 Å². The van der Waals surface area contributed by atoms with Gasteiger partial charge >= 0.3 is 0 Å². The van der Waals surface area contributed by atoms with Crippen LogP contribution in [0.3, 0.4) is 0 Å². The topological polar surface area (TPSA) is 32.3 Å². The van der Waals surface area contributed by atoms with Crippen LogP contribution >= 0.6 is 12.4 Å². The summed E-state index contributed by atoms with van der Waals surface area (Å²) in [6.45, 7) is 4.61. The van der Waals surface area contributed by atoms with E-state index < -0.39 is 0 Å². The van der Waals surface area contributed by atoms with Crippen molar-refractivity contribution < 1.29 is 5.11 Å². The molecule has 0 radical (unpaired) electrons. The number of aliphatic hydroxyl groups excluding tert-OH is 1. The van der Waals surface area contributed by atoms with Crippen molar-refractivity contribution in [3.8, 4) is 0 Å². The third-order valence-electron chi connectivity index (χ3n) is 1.73. The average Bonchev–Trinajstić information content (AvgIpc) is 1.60. The molecule has 10 heavy (non-hydrogen) atoms. The minimum atomic E-state index is -0.212. The average molecular weight is 164 g/mol. The Kier molecular flexibility index (Phi) is 4.69. The monoisotopic (exact) mass is 163 g/mol. The third-order valence-corrected chi connectivity index (χ3v) is 1.73. The van der Waals surface area contributed by atoms with Crippen molar-refractivity contribution in [2.75, 3.05) is 6.54 Å². The highest BCUT2D eigenvalue weighted by molar-refractivity contribution is 5.85. The van der Waals surface area contributed by atoms with Crippen molar-refractivity contribution in [1.29, 1.82) is 0 Å². The lowest BCUT2D eigenvalue weighted by Gasteiger charge is -2.31. The lowest BCUT2D eigenvalue weighted by Crippen LogP contribution is -2.50. The first-order chi connectivity index (χ1) is 4.34. The second-order valence-corrected chi connectivity index (χ2v) is 2.44. The van der Waals surface area contributed by atoms with E-state index in [2.05, 4.69) is 11.9 Å². The van der Waals surface area contributed by atoms with E-state index in [0.717, 1.165) is 13.0 Å². The molecule has 1 heterocycles. The standard InChI is InChI=1S/C7H13NO.ClH/c1-2-3-7(9)6-4-5-8-6;/h2,6-9H,1,3-5H2;1H. The Labute approximate surface area is 67.7 Å². The summed E-state index contributed by atoms with van der Waals surface area (Å²) in [6, 6.07) is 0.336. The molecular weight excluding hydrogens is 150 g/mol. The van der Waals surface area contributed by atoms with Crippen molar-refractivity contribution in [2.24, 2.45) is 0 Å². The van der Waals surface area contributed by atoms with Gasteiger partial charge in [-0.15, -0.1) is 19.0 Å². The summed E-state index contributed by atoms with van der Waals surface area (Å²) >= 11 is 0. The third kappa shape index (κ3) is 2.29. The number of hydrogen-bond acceptors (Lipinski definition) is 2. The van der Waals surface area contributed by atoms with Crippen LogP contribution in [0.25, 0.3) is 0 Å². The van der Waals surface area contributed by atoms with Crippen LogP contribution in [0.5, 0.6) is 0 Å². The SMILES string of the molecule is C=CCC(O)C1CCN1.Cl. The number of halogens is 1. The van der Waals surface area contributed by atoms with Gasteiger partial charge in [0.05, 0.1) is 6.10 Å². The van der Waals surface area contributed by atoms with Crippen LogP contribution in [0.4, 0.5) is 0 Å². The van der Waals surface area contributed by atoms with Gasteiger partial charge in [-0.2, -0.15) is 0 Å². The molecule has 0 spiro atoms. The predicted octanol–water partition coefficient (Wildman–Crippen LogP) is 0.707. The Bertz CT molecular complexity index is 104. The van der Waals surface area contributed by atoms with Crippen LogP contribution in [0.15, 0.2) is 12.7 Å². The molecule has 1 aliphatic heterocycles. The largest absolute Gasteiger partial charge is 0.391 e. The Hall–Kier alpha value is -0.0500. The fourth-order valence-corrected chi connectivity index (χ4v) is 0.974. The molecule has 0 aromatic rings. The Morgan fingerprint density at radius 1 is 1.80 bits per heavy atom. The van der Waals surface area contributed by atoms with Crippen molar-refractivity contribution >= 4 is 12.4 Å². The minimum Gasteiger partial charge on any atom is -0.391 e. The summed E-state index contributed by atoms with van der Waals surface area (Å²) in [7, 11) is 0. The van der Waals surface area contributed by atoms with Crippen LogP contribution in [-0.2, 0) is 0 Å². The van der Waals surface area contributed by atoms with E-state index in [9.17, 15) is 5.11 Å². The highest BCUT2D eigenvalue weighted by Gasteiger charge is 2.23. The zero-order valence-corrected chi connectivity index (χ0v) is 6.73. The molecular formula is C7H14ClNO. The highest BCUT2D eigenvalue weighted by atomic mass is 35.5. The van der Waals surface area contributed by atoms with Gasteiger partial charge in [0, 0.05) is 6.04 Å². The van der Waals surface area contributed by atoms with Gasteiger partial charge in [-0.05, 0) is 19.4 Å². The van der Waals surface area contributed by atoms with Gasteiger partial charge in [-0.3, -0.25) is 0 Å². The normalized spacial score (nSPS) is 25.9. The zero-order chi connectivity index (χ0) is 6.69. The molecule has 1 rings (SSSR count). The summed E-state index contributed by atoms with van der Waals surface area (Å²) in [5.41, 5.74) is 0. The summed E-state index contributed by atoms with van der Waals surface area (Å²) in [4.78, 5) is 0. The maximum absolute atomic E-state index is 9.24. The lowest BCUT2D eigenvalue weighted by atomic mass is 9.99. The first-order valence-electron chi connectivity index (χ1n) is 3.37. The molecule has 0 aromatic heterocycles. The minimum absolute atomic E-state index is 0. The van der Waals surface area contributed by atoms with Crippen LogP contribution in [-0.4, -0.2) is 23.8 Å². The van der Waals surface area contributed by atoms with Gasteiger partial charge in [-0.25, -0.2) is 0 Å². The summed E-state index contributed by atoms with van der Waals surface area (Å²) in [5, 5.41) is 12.4. The molecule has 3 heteroatoms. The molecule has 0 amide bonds. The molecule has 2 N–H and O–H groups in total. The van der Waals surface area contributed by atoms with E-state index in [0.29, 0.717) is 12.5 Å². The highest BCUT2D eigenvalue weighted by Crippen LogP contribution is 2.09. The molecule has 1 saturated heterocycles. The smallest absolute Gasteiger partial charge is 0.0727 e. The fraction of sp³-hybridized carbons (Fsp3) is 0.714. The second-order valence-electron chi connectivity index (χ2n) is 2.44. The fourth-order valence-electron chi connectivity index (χ4n) is 0.974. The predicted molar refractivity (Wildman–Crippen MR) is 44.5 cm³/mol. The molecule has 1 fully saturated rings. The van der Waals surface area contributed by atoms with Crippen molar-refractivity contribution in [3.63, 3.8) is 0 Å². The number of nitrogens with one attached hydrogen (secondary N) is 1. The Morgan fingerprint density at radius 2 is 2.40 bits per heavy atom. The molecule has 0 bridgehead atoms. The van der Waals surface area contributed by atoms with Gasteiger partial charge in [0.25, 0.3) is 0 Å². The van der Waals surface area contributed by atoms with Gasteiger partial charge in [0.15, 0.2) is 0 Å². The van der Waals surface area contributed by atoms with Gasteiger partial charge in [0.1, 0.15) is 0 Å². The van der Waals surface area contributed by atoms with Crippen LogP contribution in [0.1, 0.15) is 12.8 Å². The first-order valence-corrected chi connectivity index (χ1v) is 3.37. The van der Waals surface area contributed by atoms with Gasteiger partial charge in [-0.1, -0.05) is 6.08 Å². The van der Waals surface area contributed by atoms with Crippen LogP contribution in [0, 0.1) is 0 Å². The maximum Gasteiger partial charge on any atom is 0.0727 e. The number of rotatable bonds is 3. The molecule has 60 valence electrons. The van der Waals surface area contributed by atoms with E-state index in [1.54, 1.807) is 6.08 Å². The van der Waals surface area contributed by atoms with E-state index in [1.165, 1.54) is 0 Å². The maximum atomic E-state index is 9.24. The number of hydrogen-bond donors (Lipinski definition) is 2. The molecule has 2 unspecified atom stereocenters. The number of aliphatic hydroxyl groups is 1. The zero-order valence-electron chi connectivity index (χ0n) is 5.92. The van der Waals surface area contributed by atoms with E-state index in [4.69, 9.17) is 0 Å². The van der Waals surface area contributed by atoms with Crippen molar-refractivity contribution in [1.82, 2.24) is 5.32 Å². The molecule has 0 aliphatic carbocycles. The van der Waals surface area contributed by atoms with E-state index in [-0.39, 0.29) is 18.5 Å². The van der Waals surface area contributed by atoms with Crippen molar-refractivity contribution in [2.45, 2.75) is 25.0 Å². The van der Waals surface area contributed by atoms with Crippen LogP contribution in [0.2, 0.25) is 0 Å². The van der Waals surface area contributed by atoms with E-state index in [1.807, 2.05) is 0 Å². The van der Waals surface area contributed by atoms with Crippen LogP contribution < -0.4 is 5.32 Å². The summed E-state index contributed by atoms with van der Waals surface area (Å²) in [5.74, 6) is 0. The molecule has 0 saturated carbocycles. The quantitative estimate of drug-likeness (QED) is 0.601. The van der Waals surface area contributed by atoms with Gasteiger partial charge in [0.2, 0.25) is 0 Å². The van der Waals surface area contributed by atoms with Crippen molar-refractivity contribution in [3.05, 3.63) is 12.7 Å². The molecule has 2 nitrogen and oxygen atoms in total. The second kappa shape index (κ2) is 4.72. The molecule has 2 atom stereocenters. The van der Waals surface area contributed by atoms with E-state index >= 15 is 0 Å². The first kappa shape index (κ1) is 9.95. The lowest BCUT2D eigenvalue weighted by molar-refractivity contribution is 0.0979. The molecule has 0 aromatic carbocycles. The summed E-state index contributed by atoms with van der Waals surface area (Å²) in [6.07, 6.45) is 3.36. The Balaban J connectivity index is 0.000000810. The Morgan fingerprint density at radius 3 is 2.70 bits per heavy atom. The summed E-state index contributed by atoms with van der Waals surface area (Å²) < 4.78 is 0.